The van der Waals surface area contributed by atoms with Crippen LogP contribution in [0.3, 0.4) is 0 Å². The molecule has 0 saturated carbocycles. The molecule has 2 aromatic carbocycles. The average Bonchev–Trinajstić information content (AvgIpc) is 3.21. The van der Waals surface area contributed by atoms with Crippen molar-refractivity contribution in [2.24, 2.45) is 0 Å². The van der Waals surface area contributed by atoms with Crippen LogP contribution in [0.5, 0.6) is 0 Å². The SMILES string of the molecule is CCc1nc2c(C)cc(C)nc2n1Cc1cccc(C(=O)c2cccc(COCC(C)(C)[SiH](C)C)c2)c1. The molecule has 4 rings (SSSR count). The molecule has 0 aliphatic rings. The quantitative estimate of drug-likeness (QED) is 0.175. The number of rotatable bonds is 10. The Morgan fingerprint density at radius 1 is 0.973 bits per heavy atom. The van der Waals surface area contributed by atoms with Crippen molar-refractivity contribution in [3.8, 4) is 0 Å². The van der Waals surface area contributed by atoms with Crippen molar-refractivity contribution in [1.29, 1.82) is 0 Å². The molecule has 0 unspecified atom stereocenters. The fraction of sp³-hybridized carbons (Fsp3) is 0.387. The third kappa shape index (κ3) is 6.08. The second-order valence-corrected chi connectivity index (χ2v) is 15.0. The first kappa shape index (κ1) is 27.0. The summed E-state index contributed by atoms with van der Waals surface area (Å²) in [6, 6.07) is 17.8. The van der Waals surface area contributed by atoms with Gasteiger partial charge in [0.1, 0.15) is 11.3 Å². The molecule has 0 radical (unpaired) electrons. The van der Waals surface area contributed by atoms with Gasteiger partial charge in [0.2, 0.25) is 0 Å². The van der Waals surface area contributed by atoms with Gasteiger partial charge in [-0.25, -0.2) is 9.97 Å². The Labute approximate surface area is 222 Å². The molecule has 0 spiro atoms. The van der Waals surface area contributed by atoms with E-state index in [-0.39, 0.29) is 10.8 Å². The summed E-state index contributed by atoms with van der Waals surface area (Å²) >= 11 is 0. The van der Waals surface area contributed by atoms with Gasteiger partial charge in [-0.1, -0.05) is 70.3 Å². The Morgan fingerprint density at radius 2 is 1.62 bits per heavy atom. The topological polar surface area (TPSA) is 57.0 Å². The van der Waals surface area contributed by atoms with Crippen LogP contribution in [0.2, 0.25) is 18.1 Å². The average molecular weight is 514 g/mol. The zero-order valence-corrected chi connectivity index (χ0v) is 24.4. The van der Waals surface area contributed by atoms with Crippen molar-refractivity contribution in [2.45, 2.75) is 72.3 Å². The van der Waals surface area contributed by atoms with Crippen LogP contribution in [-0.2, 0) is 24.3 Å². The first-order chi connectivity index (χ1) is 17.6. The number of aryl methyl sites for hydroxylation is 3. The van der Waals surface area contributed by atoms with E-state index < -0.39 is 8.80 Å². The van der Waals surface area contributed by atoms with E-state index in [0.717, 1.165) is 52.4 Å². The summed E-state index contributed by atoms with van der Waals surface area (Å²) < 4.78 is 8.23. The number of pyridine rings is 1. The maximum atomic E-state index is 13.4. The van der Waals surface area contributed by atoms with Gasteiger partial charge in [0.05, 0.1) is 13.2 Å². The number of benzene rings is 2. The summed E-state index contributed by atoms with van der Waals surface area (Å²) in [5.41, 5.74) is 7.43. The van der Waals surface area contributed by atoms with Crippen LogP contribution in [0.25, 0.3) is 11.2 Å². The van der Waals surface area contributed by atoms with E-state index in [2.05, 4.69) is 57.5 Å². The van der Waals surface area contributed by atoms with Gasteiger partial charge in [0.15, 0.2) is 11.4 Å². The summed E-state index contributed by atoms with van der Waals surface area (Å²) in [7, 11) is -0.813. The molecular formula is C31H39N3O2Si. The molecule has 2 heterocycles. The molecule has 5 nitrogen and oxygen atoms in total. The Balaban J connectivity index is 1.54. The Morgan fingerprint density at radius 3 is 2.27 bits per heavy atom. The highest BCUT2D eigenvalue weighted by atomic mass is 28.3. The van der Waals surface area contributed by atoms with E-state index in [1.165, 1.54) is 0 Å². The number of ether oxygens (including phenoxy) is 1. The summed E-state index contributed by atoms with van der Waals surface area (Å²) in [6.07, 6.45) is 0.818. The lowest BCUT2D eigenvalue weighted by atomic mass is 10.00. The van der Waals surface area contributed by atoms with Gasteiger partial charge < -0.3 is 9.30 Å². The molecule has 4 aromatic rings. The maximum Gasteiger partial charge on any atom is 0.193 e. The molecule has 37 heavy (non-hydrogen) atoms. The molecule has 0 aliphatic heterocycles. The van der Waals surface area contributed by atoms with Crippen molar-refractivity contribution in [3.63, 3.8) is 0 Å². The molecule has 0 atom stereocenters. The number of hydrogen-bond donors (Lipinski definition) is 0. The van der Waals surface area contributed by atoms with E-state index in [1.54, 1.807) is 0 Å². The lowest BCUT2D eigenvalue weighted by Crippen LogP contribution is -2.26. The highest BCUT2D eigenvalue weighted by Gasteiger charge is 2.23. The zero-order chi connectivity index (χ0) is 26.7. The molecule has 6 heteroatoms. The van der Waals surface area contributed by atoms with E-state index >= 15 is 0 Å². The Hall–Kier alpha value is -3.09. The summed E-state index contributed by atoms with van der Waals surface area (Å²) in [5, 5.41) is 0.249. The number of hydrogen-bond acceptors (Lipinski definition) is 4. The number of nitrogens with zero attached hydrogens (tertiary/aromatic N) is 3. The summed E-state index contributed by atoms with van der Waals surface area (Å²) in [5.74, 6) is 1.03. The van der Waals surface area contributed by atoms with Gasteiger partial charge in [-0.15, -0.1) is 0 Å². The van der Waals surface area contributed by atoms with Gasteiger partial charge in [0.25, 0.3) is 0 Å². The normalized spacial score (nSPS) is 12.0. The summed E-state index contributed by atoms with van der Waals surface area (Å²) in [6.45, 7) is 17.4. The van der Waals surface area contributed by atoms with Crippen LogP contribution in [-0.4, -0.2) is 35.7 Å². The Bertz CT molecular complexity index is 1420. The highest BCUT2D eigenvalue weighted by molar-refractivity contribution is 6.59. The van der Waals surface area contributed by atoms with Gasteiger partial charge in [-0.05, 0) is 53.8 Å². The smallest absolute Gasteiger partial charge is 0.193 e. The molecule has 0 aliphatic carbocycles. The molecule has 194 valence electrons. The molecule has 0 N–H and O–H groups in total. The van der Waals surface area contributed by atoms with Crippen molar-refractivity contribution >= 4 is 25.7 Å². The minimum absolute atomic E-state index is 0.0228. The van der Waals surface area contributed by atoms with Crippen molar-refractivity contribution < 1.29 is 9.53 Å². The lowest BCUT2D eigenvalue weighted by Gasteiger charge is -2.27. The molecule has 2 aromatic heterocycles. The van der Waals surface area contributed by atoms with Gasteiger partial charge in [-0.2, -0.15) is 0 Å². The van der Waals surface area contributed by atoms with Crippen LogP contribution in [0, 0.1) is 13.8 Å². The Kier molecular flexibility index (Phi) is 8.10. The molecule has 0 bridgehead atoms. The first-order valence-corrected chi connectivity index (χ1v) is 16.1. The number of imidazole rings is 1. The minimum atomic E-state index is -0.813. The fourth-order valence-electron chi connectivity index (χ4n) is 4.45. The van der Waals surface area contributed by atoms with Crippen LogP contribution >= 0.6 is 0 Å². The van der Waals surface area contributed by atoms with Crippen molar-refractivity contribution in [2.75, 3.05) is 6.61 Å². The molecule has 0 fully saturated rings. The molecule has 0 amide bonds. The monoisotopic (exact) mass is 513 g/mol. The number of fused-ring (bicyclic) bond motifs is 1. The maximum absolute atomic E-state index is 13.4. The number of carbonyl (C=O) groups is 1. The lowest BCUT2D eigenvalue weighted by molar-refractivity contribution is 0.100. The second-order valence-electron chi connectivity index (χ2n) is 11.1. The molecular weight excluding hydrogens is 474 g/mol. The predicted molar refractivity (Wildman–Crippen MR) is 154 cm³/mol. The highest BCUT2D eigenvalue weighted by Crippen LogP contribution is 2.29. The minimum Gasteiger partial charge on any atom is -0.377 e. The third-order valence-corrected chi connectivity index (χ3v) is 10.7. The van der Waals surface area contributed by atoms with Crippen molar-refractivity contribution in [1.82, 2.24) is 14.5 Å². The predicted octanol–water partition coefficient (Wildman–Crippen LogP) is 6.67. The number of aromatic nitrogens is 3. The van der Waals surface area contributed by atoms with Gasteiger partial charge >= 0.3 is 0 Å². The first-order valence-electron chi connectivity index (χ1n) is 13.2. The number of ketones is 1. The standard InChI is InChI=1S/C31H39N3O2Si/c1-8-27-33-28-21(2)15-22(3)32-30(28)34(27)18-23-11-9-13-25(16-23)29(35)26-14-10-12-24(17-26)19-36-20-31(4,5)37(6)7/h9-17,37H,8,18-20H2,1-7H3. The zero-order valence-electron chi connectivity index (χ0n) is 23.3. The largest absolute Gasteiger partial charge is 0.377 e. The van der Waals surface area contributed by atoms with Crippen LogP contribution < -0.4 is 0 Å². The van der Waals surface area contributed by atoms with E-state index in [1.807, 2.05) is 49.4 Å². The van der Waals surface area contributed by atoms with Crippen LogP contribution in [0.15, 0.2) is 54.6 Å². The van der Waals surface area contributed by atoms with E-state index in [4.69, 9.17) is 14.7 Å². The summed E-state index contributed by atoms with van der Waals surface area (Å²) in [4.78, 5) is 23.1. The second kappa shape index (κ2) is 11.1. The van der Waals surface area contributed by atoms with Crippen LogP contribution in [0.4, 0.5) is 0 Å². The number of carbonyl (C=O) groups excluding carboxylic acids is 1. The van der Waals surface area contributed by atoms with Gasteiger partial charge in [0, 0.05) is 38.6 Å². The third-order valence-electron chi connectivity index (χ3n) is 7.44. The van der Waals surface area contributed by atoms with Crippen molar-refractivity contribution in [3.05, 3.63) is 93.9 Å². The van der Waals surface area contributed by atoms with E-state index in [0.29, 0.717) is 24.3 Å². The van der Waals surface area contributed by atoms with E-state index in [9.17, 15) is 4.79 Å². The van der Waals surface area contributed by atoms with Crippen LogP contribution in [0.1, 0.15) is 64.9 Å². The van der Waals surface area contributed by atoms with Gasteiger partial charge in [-0.3, -0.25) is 4.79 Å². The fourth-order valence-corrected chi connectivity index (χ4v) is 4.90. The molecule has 0 saturated heterocycles.